The Kier molecular flexibility index (Phi) is 7.00. The molecule has 2 aromatic rings. The van der Waals surface area contributed by atoms with Crippen LogP contribution in [0, 0.1) is 12.7 Å². The molecule has 0 aliphatic carbocycles. The van der Waals surface area contributed by atoms with Gasteiger partial charge in [0, 0.05) is 19.5 Å². The normalized spacial score (nSPS) is 17.3. The lowest BCUT2D eigenvalue weighted by molar-refractivity contribution is -0.139. The molecule has 0 saturated carbocycles. The molecule has 0 bridgehead atoms. The van der Waals surface area contributed by atoms with Gasteiger partial charge in [0.05, 0.1) is 18.0 Å². The molecule has 1 aliphatic rings. The summed E-state index contributed by atoms with van der Waals surface area (Å²) < 4.78 is 46.2. The molecular weight excluding hydrogens is 395 g/mol. The summed E-state index contributed by atoms with van der Waals surface area (Å²) in [5.74, 6) is -0.502. The van der Waals surface area contributed by atoms with Crippen LogP contribution >= 0.6 is 0 Å². The highest BCUT2D eigenvalue weighted by atomic mass is 32.2. The van der Waals surface area contributed by atoms with Crippen molar-refractivity contribution >= 4 is 15.9 Å². The average molecular weight is 421 g/mol. The van der Waals surface area contributed by atoms with Crippen LogP contribution in [0.1, 0.15) is 30.1 Å². The first-order valence-corrected chi connectivity index (χ1v) is 11.1. The number of hydrogen-bond donors (Lipinski definition) is 1. The monoisotopic (exact) mass is 420 g/mol. The maximum atomic E-state index is 13.2. The number of nitrogens with one attached hydrogen (secondary N) is 1. The van der Waals surface area contributed by atoms with Gasteiger partial charge >= 0.3 is 0 Å². The molecule has 8 heteroatoms. The van der Waals surface area contributed by atoms with Gasteiger partial charge in [0.1, 0.15) is 11.9 Å². The zero-order valence-corrected chi connectivity index (χ0v) is 17.1. The second-order valence-electron chi connectivity index (χ2n) is 7.02. The standard InChI is InChI=1S/C21H25FN2O4S/c1-16-14-18(22)9-10-20(16)29(26,27)23-11-5-8-21(25)24-12-13-28-19(15-24)17-6-3-2-4-7-17/h2-4,6-7,9-10,14,19,23H,5,8,11-13,15H2,1H3. The Morgan fingerprint density at radius 1 is 1.24 bits per heavy atom. The van der Waals surface area contributed by atoms with Gasteiger partial charge in [-0.1, -0.05) is 30.3 Å². The Hall–Kier alpha value is -2.29. The molecule has 1 aliphatic heterocycles. The minimum absolute atomic E-state index is 0.0219. The highest BCUT2D eigenvalue weighted by Gasteiger charge is 2.25. The summed E-state index contributed by atoms with van der Waals surface area (Å²) in [6, 6.07) is 13.3. The van der Waals surface area contributed by atoms with Crippen LogP contribution in [0.5, 0.6) is 0 Å². The van der Waals surface area contributed by atoms with Gasteiger partial charge in [-0.2, -0.15) is 0 Å². The maximum absolute atomic E-state index is 13.2. The molecule has 6 nitrogen and oxygen atoms in total. The largest absolute Gasteiger partial charge is 0.370 e. The van der Waals surface area contributed by atoms with Gasteiger partial charge in [-0.25, -0.2) is 17.5 Å². The first kappa shape index (κ1) is 21.4. The Balaban J connectivity index is 1.48. The first-order valence-electron chi connectivity index (χ1n) is 9.57. The van der Waals surface area contributed by atoms with Gasteiger partial charge in [0.2, 0.25) is 15.9 Å². The maximum Gasteiger partial charge on any atom is 0.240 e. The molecule has 0 spiro atoms. The number of carbonyl (C=O) groups excluding carboxylic acids is 1. The second-order valence-corrected chi connectivity index (χ2v) is 8.76. The molecular formula is C21H25FN2O4S. The van der Waals surface area contributed by atoms with Crippen LogP contribution in [0.4, 0.5) is 4.39 Å². The van der Waals surface area contributed by atoms with Gasteiger partial charge in [-0.3, -0.25) is 4.79 Å². The summed E-state index contributed by atoms with van der Waals surface area (Å²) in [6.07, 6.45) is 0.479. The third kappa shape index (κ3) is 5.62. The number of aryl methyl sites for hydroxylation is 1. The minimum Gasteiger partial charge on any atom is -0.370 e. The summed E-state index contributed by atoms with van der Waals surface area (Å²) in [5.41, 5.74) is 1.38. The molecule has 1 unspecified atom stereocenters. The van der Waals surface area contributed by atoms with Crippen molar-refractivity contribution in [2.75, 3.05) is 26.2 Å². The van der Waals surface area contributed by atoms with Gasteiger partial charge in [0.15, 0.2) is 0 Å². The Morgan fingerprint density at radius 2 is 2.00 bits per heavy atom. The van der Waals surface area contributed by atoms with E-state index in [0.29, 0.717) is 31.7 Å². The van der Waals surface area contributed by atoms with Crippen LogP contribution in [0.2, 0.25) is 0 Å². The van der Waals surface area contributed by atoms with Crippen LogP contribution in [-0.2, 0) is 19.6 Å². The van der Waals surface area contributed by atoms with Crippen molar-refractivity contribution in [2.45, 2.75) is 30.8 Å². The number of amides is 1. The number of ether oxygens (including phenoxy) is 1. The van der Waals surface area contributed by atoms with Crippen LogP contribution in [0.15, 0.2) is 53.4 Å². The van der Waals surface area contributed by atoms with Gasteiger partial charge in [-0.05, 0) is 42.7 Å². The predicted octanol–water partition coefficient (Wildman–Crippen LogP) is 2.79. The summed E-state index contributed by atoms with van der Waals surface area (Å²) in [7, 11) is -3.74. The fourth-order valence-corrected chi connectivity index (χ4v) is 4.64. The van der Waals surface area contributed by atoms with Crippen molar-refractivity contribution in [3.05, 3.63) is 65.5 Å². The molecule has 1 amide bonds. The van der Waals surface area contributed by atoms with E-state index < -0.39 is 15.8 Å². The molecule has 1 N–H and O–H groups in total. The molecule has 3 rings (SSSR count). The van der Waals surface area contributed by atoms with E-state index in [2.05, 4.69) is 4.72 Å². The second kappa shape index (κ2) is 9.47. The zero-order valence-electron chi connectivity index (χ0n) is 16.3. The lowest BCUT2D eigenvalue weighted by Gasteiger charge is -2.33. The Labute approximate surface area is 170 Å². The lowest BCUT2D eigenvalue weighted by atomic mass is 10.1. The SMILES string of the molecule is Cc1cc(F)ccc1S(=O)(=O)NCCCC(=O)N1CCOC(c2ccccc2)C1. The highest BCUT2D eigenvalue weighted by molar-refractivity contribution is 7.89. The van der Waals surface area contributed by atoms with Crippen LogP contribution in [0.25, 0.3) is 0 Å². The summed E-state index contributed by atoms with van der Waals surface area (Å²) in [5, 5.41) is 0. The molecule has 0 radical (unpaired) electrons. The molecule has 1 fully saturated rings. The van der Waals surface area contributed by atoms with Gasteiger partial charge in [-0.15, -0.1) is 0 Å². The van der Waals surface area contributed by atoms with E-state index in [1.54, 1.807) is 11.8 Å². The van der Waals surface area contributed by atoms with Crippen molar-refractivity contribution in [1.29, 1.82) is 0 Å². The minimum atomic E-state index is -3.74. The van der Waals surface area contributed by atoms with E-state index in [-0.39, 0.29) is 29.9 Å². The van der Waals surface area contributed by atoms with E-state index in [4.69, 9.17) is 4.74 Å². The molecule has 29 heavy (non-hydrogen) atoms. The Bertz CT molecular complexity index is 950. The van der Waals surface area contributed by atoms with E-state index in [1.165, 1.54) is 12.1 Å². The van der Waals surface area contributed by atoms with E-state index in [0.717, 1.165) is 11.6 Å². The van der Waals surface area contributed by atoms with Gasteiger partial charge < -0.3 is 9.64 Å². The molecule has 0 aromatic heterocycles. The number of benzene rings is 2. The Morgan fingerprint density at radius 3 is 2.72 bits per heavy atom. The summed E-state index contributed by atoms with van der Waals surface area (Å²) in [6.45, 7) is 3.17. The number of nitrogens with zero attached hydrogens (tertiary/aromatic N) is 1. The number of hydrogen-bond acceptors (Lipinski definition) is 4. The van der Waals surface area contributed by atoms with Crippen molar-refractivity contribution in [2.24, 2.45) is 0 Å². The van der Waals surface area contributed by atoms with E-state index >= 15 is 0 Å². The quantitative estimate of drug-likeness (QED) is 0.699. The lowest BCUT2D eigenvalue weighted by Crippen LogP contribution is -2.42. The van der Waals surface area contributed by atoms with E-state index in [9.17, 15) is 17.6 Å². The third-order valence-electron chi connectivity index (χ3n) is 4.88. The van der Waals surface area contributed by atoms with Crippen LogP contribution in [0.3, 0.4) is 0 Å². The third-order valence-corrected chi connectivity index (χ3v) is 6.50. The van der Waals surface area contributed by atoms with Crippen molar-refractivity contribution in [3.63, 3.8) is 0 Å². The number of halogens is 1. The molecule has 1 heterocycles. The fourth-order valence-electron chi connectivity index (χ4n) is 3.34. The number of morpholine rings is 1. The predicted molar refractivity (Wildman–Crippen MR) is 107 cm³/mol. The van der Waals surface area contributed by atoms with E-state index in [1.807, 2.05) is 30.3 Å². The number of sulfonamides is 1. The van der Waals surface area contributed by atoms with Crippen LogP contribution < -0.4 is 4.72 Å². The van der Waals surface area contributed by atoms with Crippen molar-refractivity contribution in [3.8, 4) is 0 Å². The van der Waals surface area contributed by atoms with Crippen LogP contribution in [-0.4, -0.2) is 45.5 Å². The molecule has 156 valence electrons. The van der Waals surface area contributed by atoms with Crippen molar-refractivity contribution < 1.29 is 22.3 Å². The molecule has 1 atom stereocenters. The summed E-state index contributed by atoms with van der Waals surface area (Å²) in [4.78, 5) is 14.3. The van der Waals surface area contributed by atoms with Gasteiger partial charge in [0.25, 0.3) is 0 Å². The molecule has 2 aromatic carbocycles. The van der Waals surface area contributed by atoms with Crippen molar-refractivity contribution in [1.82, 2.24) is 9.62 Å². The highest BCUT2D eigenvalue weighted by Crippen LogP contribution is 2.22. The topological polar surface area (TPSA) is 75.7 Å². The zero-order chi connectivity index (χ0) is 20.9. The summed E-state index contributed by atoms with van der Waals surface area (Å²) >= 11 is 0. The smallest absolute Gasteiger partial charge is 0.240 e. The average Bonchev–Trinajstić information content (AvgIpc) is 2.71. The molecule has 1 saturated heterocycles. The first-order chi connectivity index (χ1) is 13.9. The fraction of sp³-hybridized carbons (Fsp3) is 0.381. The number of rotatable bonds is 7. The number of carbonyl (C=O) groups is 1.